The molecule has 0 radical (unpaired) electrons. The first-order chi connectivity index (χ1) is 20.6. The molecule has 4 unspecified atom stereocenters. The molecule has 0 amide bonds. The number of carbonyl (C=O) groups is 2. The number of methoxy groups -OCH3 is 2. The van der Waals surface area contributed by atoms with E-state index in [1.165, 1.54) is 14.2 Å². The van der Waals surface area contributed by atoms with Crippen molar-refractivity contribution in [2.24, 2.45) is 0 Å². The van der Waals surface area contributed by atoms with E-state index in [1.807, 2.05) is 0 Å². The van der Waals surface area contributed by atoms with Gasteiger partial charge in [-0.25, -0.2) is 9.59 Å². The molecule has 15 heteroatoms. The maximum atomic E-state index is 12.0. The lowest BCUT2D eigenvalue weighted by Gasteiger charge is -2.26. The molecular formula is C28H32N2O13. The fourth-order valence-electron chi connectivity index (χ4n) is 3.92. The minimum Gasteiger partial charge on any atom is -0.457 e. The first kappa shape index (κ1) is 34.2. The third-order valence-electron chi connectivity index (χ3n) is 5.95. The van der Waals surface area contributed by atoms with Crippen LogP contribution in [0.15, 0.2) is 73.8 Å². The fourth-order valence-corrected chi connectivity index (χ4v) is 3.92. The summed E-state index contributed by atoms with van der Waals surface area (Å²) in [5.41, 5.74) is 1.06. The van der Waals surface area contributed by atoms with Gasteiger partial charge < -0.3 is 33.4 Å². The van der Waals surface area contributed by atoms with E-state index in [0.29, 0.717) is 22.6 Å². The highest BCUT2D eigenvalue weighted by molar-refractivity contribution is 5.81. The number of carbonyl (C=O) groups excluding carboxylic acids is 2. The smallest absolute Gasteiger partial charge is 0.330 e. The lowest BCUT2D eigenvalue weighted by Crippen LogP contribution is -2.27. The molecule has 2 aromatic carbocycles. The summed E-state index contributed by atoms with van der Waals surface area (Å²) in [5, 5.41) is 19.2. The average Bonchev–Trinajstić information content (AvgIpc) is 3.00. The van der Waals surface area contributed by atoms with Gasteiger partial charge in [0.2, 0.25) is 0 Å². The summed E-state index contributed by atoms with van der Waals surface area (Å²) < 4.78 is 27.6. The van der Waals surface area contributed by atoms with E-state index in [2.05, 4.69) is 22.8 Å². The molecule has 4 atom stereocenters. The van der Waals surface area contributed by atoms with E-state index in [4.69, 9.17) is 23.7 Å². The molecule has 232 valence electrons. The number of rotatable bonds is 20. The number of nitrogens with zero attached hydrogens (tertiary/aromatic N) is 2. The van der Waals surface area contributed by atoms with E-state index in [9.17, 15) is 29.8 Å². The highest BCUT2D eigenvalue weighted by Gasteiger charge is 2.28. The van der Waals surface area contributed by atoms with Gasteiger partial charge in [-0.15, -0.1) is 20.2 Å². The van der Waals surface area contributed by atoms with Crippen molar-refractivity contribution in [3.8, 4) is 11.5 Å². The topological polar surface area (TPSA) is 185 Å². The summed E-state index contributed by atoms with van der Waals surface area (Å²) in [4.78, 5) is 53.7. The van der Waals surface area contributed by atoms with Crippen molar-refractivity contribution in [2.75, 3.05) is 27.4 Å². The Morgan fingerprint density at radius 1 is 0.721 bits per heavy atom. The van der Waals surface area contributed by atoms with Crippen molar-refractivity contribution in [1.29, 1.82) is 0 Å². The summed E-state index contributed by atoms with van der Waals surface area (Å²) in [5.74, 6) is -0.559. The quantitative estimate of drug-likeness (QED) is 0.0905. The molecule has 0 N–H and O–H groups in total. The molecular weight excluding hydrogens is 572 g/mol. The zero-order valence-electron chi connectivity index (χ0n) is 23.5. The van der Waals surface area contributed by atoms with Gasteiger partial charge in [0.1, 0.15) is 23.7 Å². The summed E-state index contributed by atoms with van der Waals surface area (Å²) in [6.45, 7) is 6.25. The molecule has 0 saturated heterocycles. The van der Waals surface area contributed by atoms with Crippen molar-refractivity contribution in [1.82, 2.24) is 0 Å². The van der Waals surface area contributed by atoms with Crippen LogP contribution in [0.2, 0.25) is 0 Å². The number of ether oxygens (including phenoxy) is 5. The van der Waals surface area contributed by atoms with Crippen LogP contribution < -0.4 is 4.74 Å². The Kier molecular flexibility index (Phi) is 14.1. The van der Waals surface area contributed by atoms with Gasteiger partial charge in [0.25, 0.3) is 10.2 Å². The minimum absolute atomic E-state index is 0.0625. The normalized spacial score (nSPS) is 13.3. The molecule has 0 spiro atoms. The summed E-state index contributed by atoms with van der Waals surface area (Å²) in [7, 11) is 2.76. The van der Waals surface area contributed by atoms with Crippen LogP contribution in [0.1, 0.15) is 36.2 Å². The Labute approximate surface area is 246 Å². The Morgan fingerprint density at radius 2 is 1.07 bits per heavy atom. The zero-order chi connectivity index (χ0) is 31.8. The monoisotopic (exact) mass is 604 g/mol. The maximum absolute atomic E-state index is 12.0. The number of hydrogen-bond donors (Lipinski definition) is 0. The lowest BCUT2D eigenvalue weighted by molar-refractivity contribution is -0.758. The Bertz CT molecular complexity index is 1140. The van der Waals surface area contributed by atoms with Crippen LogP contribution in [-0.2, 0) is 38.2 Å². The minimum atomic E-state index is -0.922. The predicted molar refractivity (Wildman–Crippen MR) is 148 cm³/mol. The van der Waals surface area contributed by atoms with Gasteiger partial charge in [0, 0.05) is 39.2 Å². The first-order valence-electron chi connectivity index (χ1n) is 12.8. The van der Waals surface area contributed by atoms with Crippen LogP contribution in [0.4, 0.5) is 0 Å². The van der Waals surface area contributed by atoms with Gasteiger partial charge in [0.15, 0.2) is 12.2 Å². The van der Waals surface area contributed by atoms with Crippen LogP contribution in [0.5, 0.6) is 11.5 Å². The molecule has 0 heterocycles. The molecule has 0 bridgehead atoms. The molecule has 15 nitrogen and oxygen atoms in total. The molecule has 43 heavy (non-hydrogen) atoms. The van der Waals surface area contributed by atoms with Crippen molar-refractivity contribution in [2.45, 2.75) is 37.3 Å². The third kappa shape index (κ3) is 11.4. The van der Waals surface area contributed by atoms with Gasteiger partial charge in [0.05, 0.1) is 13.2 Å². The molecule has 0 aliphatic carbocycles. The molecule has 0 aliphatic heterocycles. The lowest BCUT2D eigenvalue weighted by atomic mass is 10.0. The molecule has 0 aliphatic rings. The Balaban J connectivity index is 2.20. The van der Waals surface area contributed by atoms with E-state index in [-0.39, 0.29) is 26.1 Å². The van der Waals surface area contributed by atoms with Crippen LogP contribution in [-0.4, -0.2) is 61.8 Å². The average molecular weight is 605 g/mol. The van der Waals surface area contributed by atoms with Gasteiger partial charge in [-0.05, 0) is 35.4 Å². The number of benzene rings is 2. The molecule has 0 aromatic heterocycles. The fraction of sp³-hybridized carbons (Fsp3) is 0.357. The predicted octanol–water partition coefficient (Wildman–Crippen LogP) is 4.25. The van der Waals surface area contributed by atoms with Crippen molar-refractivity contribution >= 4 is 11.9 Å². The Morgan fingerprint density at radius 3 is 1.35 bits per heavy atom. The van der Waals surface area contributed by atoms with E-state index in [1.54, 1.807) is 48.5 Å². The van der Waals surface area contributed by atoms with Crippen molar-refractivity contribution in [3.05, 3.63) is 105 Å². The highest BCUT2D eigenvalue weighted by atomic mass is 17.0. The maximum Gasteiger partial charge on any atom is 0.330 e. The number of hydrogen-bond acceptors (Lipinski definition) is 13. The van der Waals surface area contributed by atoms with E-state index < -0.39 is 46.5 Å². The second-order valence-electron chi connectivity index (χ2n) is 8.60. The first-order valence-corrected chi connectivity index (χ1v) is 12.8. The SMILES string of the molecule is C=CC(=O)OC(c1ccc(Oc2ccc(C(OC(=O)C=C)C(CCO[N+](=O)[O-])OC)cc2)cc1)C(CCO[N+](=O)[O-])OC. The van der Waals surface area contributed by atoms with Gasteiger partial charge in [-0.1, -0.05) is 37.4 Å². The third-order valence-corrected chi connectivity index (χ3v) is 5.95. The summed E-state index contributed by atoms with van der Waals surface area (Å²) in [6.07, 6.45) is -1.24. The molecule has 2 rings (SSSR count). The number of esters is 2. The van der Waals surface area contributed by atoms with Gasteiger partial charge in [-0.2, -0.15) is 0 Å². The van der Waals surface area contributed by atoms with Crippen LogP contribution in [0.25, 0.3) is 0 Å². The van der Waals surface area contributed by atoms with Crippen LogP contribution in [0.3, 0.4) is 0 Å². The van der Waals surface area contributed by atoms with Crippen molar-refractivity contribution in [3.63, 3.8) is 0 Å². The van der Waals surface area contributed by atoms with Gasteiger partial charge >= 0.3 is 11.9 Å². The van der Waals surface area contributed by atoms with Crippen LogP contribution >= 0.6 is 0 Å². The molecule has 2 aromatic rings. The van der Waals surface area contributed by atoms with Crippen molar-refractivity contribution < 1.29 is 53.1 Å². The zero-order valence-corrected chi connectivity index (χ0v) is 23.5. The standard InChI is InChI=1S/C28H32N2O13/c1-5-25(31)42-27(23(37-3)15-17-39-29(33)34)19-7-11-21(12-8-19)41-22-13-9-20(10-14-22)28(43-26(32)6-2)24(38-4)16-18-40-30(35)36/h5-14,23-24,27-28H,1-2,15-18H2,3-4H3. The van der Waals surface area contributed by atoms with Crippen LogP contribution in [0, 0.1) is 20.2 Å². The Hall–Kier alpha value is -5.02. The van der Waals surface area contributed by atoms with E-state index in [0.717, 1.165) is 12.2 Å². The largest absolute Gasteiger partial charge is 0.457 e. The van der Waals surface area contributed by atoms with E-state index >= 15 is 0 Å². The summed E-state index contributed by atoms with van der Waals surface area (Å²) >= 11 is 0. The van der Waals surface area contributed by atoms with Gasteiger partial charge in [-0.3, -0.25) is 0 Å². The molecule has 0 fully saturated rings. The summed E-state index contributed by atoms with van der Waals surface area (Å²) in [6, 6.07) is 13.1. The second-order valence-corrected chi connectivity index (χ2v) is 8.60. The second kappa shape index (κ2) is 17.7. The molecule has 0 saturated carbocycles. The highest BCUT2D eigenvalue weighted by Crippen LogP contribution is 2.31.